The average Bonchev–Trinajstić information content (AvgIpc) is 2.86. The molecule has 0 aromatic carbocycles. The molecule has 0 saturated heterocycles. The van der Waals surface area contributed by atoms with Gasteiger partial charge in [0.1, 0.15) is 16.1 Å². The van der Waals surface area contributed by atoms with Gasteiger partial charge in [-0.3, -0.25) is 4.79 Å². The number of aromatic nitrogens is 2. The Morgan fingerprint density at radius 3 is 2.78 bits per heavy atom. The lowest BCUT2D eigenvalue weighted by Gasteiger charge is -2.47. The minimum atomic E-state index is -1.31. The van der Waals surface area contributed by atoms with E-state index < -0.39 is 5.60 Å². The van der Waals surface area contributed by atoms with Gasteiger partial charge in [0.25, 0.3) is 5.91 Å². The van der Waals surface area contributed by atoms with Crippen LogP contribution in [-0.2, 0) is 10.2 Å². The normalized spacial score (nSPS) is 34.2. The molecule has 0 radical (unpaired) electrons. The van der Waals surface area contributed by atoms with Crippen molar-refractivity contribution in [3.05, 3.63) is 10.5 Å². The molecular weight excluding hydrogens is 250 g/mol. The Balaban J connectivity index is 1.71. The Kier molecular flexibility index (Phi) is 2.35. The fourth-order valence-corrected chi connectivity index (χ4v) is 4.07. The molecule has 1 heterocycles. The molecule has 0 atom stereocenters. The number of hydrogen-bond donors (Lipinski definition) is 2. The fraction of sp³-hybridized carbons (Fsp3) is 0.750. The van der Waals surface area contributed by atoms with Crippen LogP contribution in [0.25, 0.3) is 0 Å². The molecule has 3 fully saturated rings. The first kappa shape index (κ1) is 12.0. The van der Waals surface area contributed by atoms with Gasteiger partial charge >= 0.3 is 0 Å². The van der Waals surface area contributed by atoms with E-state index in [4.69, 9.17) is 0 Å². The summed E-state index contributed by atoms with van der Waals surface area (Å²) in [6, 6.07) is 0. The van der Waals surface area contributed by atoms with Crippen molar-refractivity contribution in [1.82, 2.24) is 15.5 Å². The van der Waals surface area contributed by atoms with Crippen LogP contribution in [0.3, 0.4) is 0 Å². The van der Waals surface area contributed by atoms with Crippen molar-refractivity contribution >= 4 is 17.2 Å². The van der Waals surface area contributed by atoms with Crippen molar-refractivity contribution < 1.29 is 9.90 Å². The number of fused-ring (bicyclic) bond motifs is 1. The fourth-order valence-electron chi connectivity index (χ4n) is 3.28. The first-order valence-corrected chi connectivity index (χ1v) is 7.05. The Hall–Kier alpha value is -1.01. The van der Waals surface area contributed by atoms with Gasteiger partial charge in [0, 0.05) is 11.0 Å². The Morgan fingerprint density at radius 1 is 1.50 bits per heavy atom. The second-order valence-electron chi connectivity index (χ2n) is 6.17. The molecule has 2 bridgehead atoms. The van der Waals surface area contributed by atoms with E-state index in [-0.39, 0.29) is 16.9 Å². The van der Waals surface area contributed by atoms with Crippen molar-refractivity contribution in [1.29, 1.82) is 0 Å². The SMILES string of the molecule is CC(C)(O)C(=O)NC12CCC(c3nncs3)(C1)C2. The monoisotopic (exact) mass is 267 g/mol. The number of carbonyl (C=O) groups is 1. The molecule has 3 saturated carbocycles. The molecule has 6 heteroatoms. The predicted octanol–water partition coefficient (Wildman–Crippen LogP) is 0.989. The summed E-state index contributed by atoms with van der Waals surface area (Å²) in [5.41, 5.74) is 0.465. The van der Waals surface area contributed by atoms with Crippen molar-refractivity contribution in [2.45, 2.75) is 56.1 Å². The zero-order chi connectivity index (χ0) is 13.0. The predicted molar refractivity (Wildman–Crippen MR) is 67.2 cm³/mol. The molecule has 4 rings (SSSR count). The highest BCUT2D eigenvalue weighted by molar-refractivity contribution is 7.09. The minimum absolute atomic E-state index is 0.122. The van der Waals surface area contributed by atoms with Crippen LogP contribution in [0.2, 0.25) is 0 Å². The maximum Gasteiger partial charge on any atom is 0.251 e. The summed E-state index contributed by atoms with van der Waals surface area (Å²) in [7, 11) is 0. The first-order chi connectivity index (χ1) is 8.35. The van der Waals surface area contributed by atoms with Crippen LogP contribution in [0, 0.1) is 0 Å². The molecule has 3 aliphatic rings. The van der Waals surface area contributed by atoms with E-state index in [1.54, 1.807) is 16.8 Å². The third-order valence-corrected chi connectivity index (χ3v) is 5.12. The van der Waals surface area contributed by atoms with Gasteiger partial charge < -0.3 is 10.4 Å². The third kappa shape index (κ3) is 1.66. The molecule has 0 spiro atoms. The zero-order valence-corrected chi connectivity index (χ0v) is 11.4. The highest BCUT2D eigenvalue weighted by Crippen LogP contribution is 2.62. The maximum absolute atomic E-state index is 11.9. The van der Waals surface area contributed by atoms with Gasteiger partial charge in [-0.25, -0.2) is 0 Å². The van der Waals surface area contributed by atoms with Gasteiger partial charge in [0.05, 0.1) is 0 Å². The summed E-state index contributed by atoms with van der Waals surface area (Å²) in [4.78, 5) is 11.9. The number of amides is 1. The molecule has 0 aliphatic heterocycles. The summed E-state index contributed by atoms with van der Waals surface area (Å²) in [5, 5.41) is 21.9. The summed E-state index contributed by atoms with van der Waals surface area (Å²) in [6.45, 7) is 3.04. The van der Waals surface area contributed by atoms with E-state index in [1.807, 2.05) is 0 Å². The van der Waals surface area contributed by atoms with E-state index in [1.165, 1.54) is 13.8 Å². The van der Waals surface area contributed by atoms with Crippen molar-refractivity contribution in [2.24, 2.45) is 0 Å². The zero-order valence-electron chi connectivity index (χ0n) is 10.6. The minimum Gasteiger partial charge on any atom is -0.381 e. The lowest BCUT2D eigenvalue weighted by molar-refractivity contribution is -0.139. The van der Waals surface area contributed by atoms with E-state index in [0.717, 1.165) is 30.7 Å². The molecule has 18 heavy (non-hydrogen) atoms. The van der Waals surface area contributed by atoms with E-state index in [2.05, 4.69) is 15.5 Å². The van der Waals surface area contributed by atoms with Crippen molar-refractivity contribution in [3.8, 4) is 0 Å². The smallest absolute Gasteiger partial charge is 0.251 e. The number of nitrogens with one attached hydrogen (secondary N) is 1. The lowest BCUT2D eigenvalue weighted by atomic mass is 9.65. The maximum atomic E-state index is 11.9. The molecule has 5 nitrogen and oxygen atoms in total. The van der Waals surface area contributed by atoms with Crippen molar-refractivity contribution in [2.75, 3.05) is 0 Å². The number of carbonyl (C=O) groups excluding carboxylic acids is 1. The van der Waals surface area contributed by atoms with Crippen LogP contribution < -0.4 is 5.32 Å². The van der Waals surface area contributed by atoms with E-state index in [0.29, 0.717) is 0 Å². The number of aliphatic hydroxyl groups is 1. The van der Waals surface area contributed by atoms with Gasteiger partial charge in [-0.05, 0) is 39.5 Å². The molecule has 0 unspecified atom stereocenters. The number of nitrogens with zero attached hydrogens (tertiary/aromatic N) is 2. The Labute approximate surface area is 110 Å². The highest BCUT2D eigenvalue weighted by atomic mass is 32.1. The average molecular weight is 267 g/mol. The second kappa shape index (κ2) is 3.51. The van der Waals surface area contributed by atoms with Crippen LogP contribution in [0.15, 0.2) is 5.51 Å². The van der Waals surface area contributed by atoms with Crippen LogP contribution in [-0.4, -0.2) is 32.4 Å². The van der Waals surface area contributed by atoms with Crippen LogP contribution >= 0.6 is 11.3 Å². The quantitative estimate of drug-likeness (QED) is 0.856. The Morgan fingerprint density at radius 2 is 2.22 bits per heavy atom. The molecular formula is C12H17N3O2S. The Bertz CT molecular complexity index is 472. The summed E-state index contributed by atoms with van der Waals surface area (Å²) in [6.07, 6.45) is 3.87. The van der Waals surface area contributed by atoms with Crippen LogP contribution in [0.5, 0.6) is 0 Å². The molecule has 1 aromatic heterocycles. The largest absolute Gasteiger partial charge is 0.381 e. The molecule has 1 aromatic rings. The van der Waals surface area contributed by atoms with Gasteiger partial charge in [0.15, 0.2) is 0 Å². The summed E-state index contributed by atoms with van der Waals surface area (Å²) < 4.78 is 0. The first-order valence-electron chi connectivity index (χ1n) is 6.17. The summed E-state index contributed by atoms with van der Waals surface area (Å²) in [5.74, 6) is -0.282. The lowest BCUT2D eigenvalue weighted by Crippen LogP contribution is -2.60. The van der Waals surface area contributed by atoms with Gasteiger partial charge in [-0.2, -0.15) is 0 Å². The highest BCUT2D eigenvalue weighted by Gasteiger charge is 2.63. The standard InChI is InChI=1S/C12H17N3O2S/c1-10(2,17)8(16)14-12-4-3-11(5-12,6-12)9-15-13-7-18-9/h7,17H,3-6H2,1-2H3,(H,14,16). The van der Waals surface area contributed by atoms with Crippen LogP contribution in [0.1, 0.15) is 44.5 Å². The van der Waals surface area contributed by atoms with E-state index in [9.17, 15) is 9.90 Å². The molecule has 1 amide bonds. The summed E-state index contributed by atoms with van der Waals surface area (Å²) >= 11 is 1.60. The number of hydrogen-bond acceptors (Lipinski definition) is 5. The number of rotatable bonds is 3. The van der Waals surface area contributed by atoms with E-state index >= 15 is 0 Å². The van der Waals surface area contributed by atoms with Crippen LogP contribution in [0.4, 0.5) is 0 Å². The third-order valence-electron chi connectivity index (χ3n) is 4.18. The second-order valence-corrected chi connectivity index (χ2v) is 7.00. The molecule has 2 N–H and O–H groups in total. The topological polar surface area (TPSA) is 75.1 Å². The van der Waals surface area contributed by atoms with Crippen molar-refractivity contribution in [3.63, 3.8) is 0 Å². The van der Waals surface area contributed by atoms with Gasteiger partial charge in [-0.1, -0.05) is 0 Å². The molecule has 98 valence electrons. The molecule has 3 aliphatic carbocycles. The van der Waals surface area contributed by atoms with Gasteiger partial charge in [0.2, 0.25) is 0 Å². The van der Waals surface area contributed by atoms with Gasteiger partial charge in [-0.15, -0.1) is 21.5 Å².